The summed E-state index contributed by atoms with van der Waals surface area (Å²) in [6.45, 7) is 14.6. The predicted molar refractivity (Wildman–Crippen MR) is 448 cm³/mol. The fourth-order valence-electron chi connectivity index (χ4n) is 12.5. The molecule has 3 aromatic rings. The van der Waals surface area contributed by atoms with Gasteiger partial charge in [0.2, 0.25) is 82.7 Å². The minimum absolute atomic E-state index is 0.00379. The normalized spacial score (nSPS) is 14.6. The van der Waals surface area contributed by atoms with Gasteiger partial charge in [0.05, 0.1) is 30.6 Å². The van der Waals surface area contributed by atoms with E-state index in [4.69, 9.17) is 50.6 Å². The lowest BCUT2D eigenvalue weighted by Gasteiger charge is -2.30. The van der Waals surface area contributed by atoms with E-state index in [2.05, 4.69) is 89.7 Å². The van der Waals surface area contributed by atoms with E-state index < -0.39 is 222 Å². The fraction of sp³-hybridized carbons (Fsp3) is 0.577. The molecule has 0 aliphatic rings. The monoisotopic (exact) mass is 1710 g/mol. The van der Waals surface area contributed by atoms with Gasteiger partial charge in [0.1, 0.15) is 78.3 Å². The van der Waals surface area contributed by atoms with E-state index in [1.807, 2.05) is 13.8 Å². The van der Waals surface area contributed by atoms with E-state index in [1.54, 1.807) is 58.0 Å². The first-order valence-electron chi connectivity index (χ1n) is 40.2. The molecular formula is C78H126N26O18. The third kappa shape index (κ3) is 39.9. The number of nitrogens with two attached hydrogens (primary N) is 6. The molecule has 34 N–H and O–H groups in total. The highest BCUT2D eigenvalue weighted by Crippen LogP contribution is 2.17. The summed E-state index contributed by atoms with van der Waals surface area (Å²) in [6.07, 6.45) is -1.97. The summed E-state index contributed by atoms with van der Waals surface area (Å²) >= 11 is 0. The molecule has 0 aliphatic carbocycles. The van der Waals surface area contributed by atoms with Gasteiger partial charge in [0.15, 0.2) is 17.9 Å². The second-order valence-electron chi connectivity index (χ2n) is 31.4. The quantitative estimate of drug-likeness (QED) is 0.0142. The Labute approximate surface area is 707 Å². The number of nitrogens with one attached hydrogen (secondary N) is 19. The number of benzene rings is 2. The van der Waals surface area contributed by atoms with Crippen LogP contribution in [-0.4, -0.2) is 236 Å². The first-order valence-corrected chi connectivity index (χ1v) is 40.2. The summed E-state index contributed by atoms with van der Waals surface area (Å²) in [5.74, 6) is -18.5. The molecule has 0 saturated heterocycles. The van der Waals surface area contributed by atoms with Gasteiger partial charge < -0.3 is 134 Å². The number of guanidine groups is 3. The van der Waals surface area contributed by atoms with Gasteiger partial charge in [0, 0.05) is 51.5 Å². The van der Waals surface area contributed by atoms with E-state index >= 15 is 0 Å². The second-order valence-corrected chi connectivity index (χ2v) is 31.4. The topological polar surface area (TPSA) is 754 Å². The highest BCUT2D eigenvalue weighted by molar-refractivity contribution is 6.01. The molecule has 0 fully saturated rings. The number of rotatable bonds is 56. The summed E-state index contributed by atoms with van der Waals surface area (Å²) in [6, 6.07) is -6.42. The van der Waals surface area contributed by atoms with Crippen molar-refractivity contribution in [1.82, 2.24) is 89.7 Å². The standard InChI is InChI=1S/C78H126N26O18/c1-39(2)30-48(79)63(109)93-49(18-13-27-89-76(82)83)65(111)100-56(35-46-37-88-38-92-46)70(116)99-55(33-45-21-23-47(106)24-22-45)69(115)97-53(31-40(3)4)68(114)101-57(36-60(81)108)71(117)98-54(32-41(5)6)72(118)103-61(42(7)8)73(119)104-62(43(9)105)74(120)96-51(20-15-29-91-78(86)87)64(110)95-52(25-26-59(80)107)67(113)94-50(19-14-28-90-77(84)85)66(112)102-58(75(121)122)34-44-16-11-10-12-17-44/h10-12,16-17,21-24,37-43,48-58,61-62,105-106H,13-15,18-20,25-36,79H2,1-9H3,(H2,80,107)(H2,81,108)(H,88,92)(H,93,109)(H,94,113)(H,95,110)(H,96,120)(H,97,115)(H,98,117)(H,99,116)(H,100,111)(H,101,114)(H,102,112)(H,103,118)(H,104,119)(H,121,122)(H4,82,83,89)(H4,84,85,90)(H4,86,87,91)/t43-,48+,49+,50+,51+,52+,53+,54+,55+,56+,57+,58+,61+,62+/m1/s1. The number of nitrogens with zero attached hydrogens (tertiary/aromatic N) is 1. The van der Waals surface area contributed by atoms with E-state index in [-0.39, 0.29) is 120 Å². The number of carboxylic acids is 1. The first kappa shape index (κ1) is 103. The highest BCUT2D eigenvalue weighted by Gasteiger charge is 2.40. The Morgan fingerprint density at radius 1 is 0.402 bits per heavy atom. The number of phenols is 1. The summed E-state index contributed by atoms with van der Waals surface area (Å²) in [4.78, 5) is 218. The molecule has 14 atom stereocenters. The number of aromatic hydroxyl groups is 1. The smallest absolute Gasteiger partial charge is 0.326 e. The predicted octanol–water partition coefficient (Wildman–Crippen LogP) is -5.52. The molecule has 44 heteroatoms. The van der Waals surface area contributed by atoms with Crippen molar-refractivity contribution in [2.24, 2.45) is 58.1 Å². The van der Waals surface area contributed by atoms with Crippen molar-refractivity contribution in [3.05, 3.63) is 83.9 Å². The van der Waals surface area contributed by atoms with Gasteiger partial charge in [-0.15, -0.1) is 0 Å². The number of carbonyl (C=O) groups excluding carboxylic acids is 14. The van der Waals surface area contributed by atoms with Crippen LogP contribution in [-0.2, 0) is 91.2 Å². The number of aromatic nitrogens is 2. The zero-order valence-corrected chi connectivity index (χ0v) is 70.3. The van der Waals surface area contributed by atoms with Crippen LogP contribution in [0.15, 0.2) is 67.1 Å². The van der Waals surface area contributed by atoms with Gasteiger partial charge in [-0.1, -0.05) is 97.9 Å². The van der Waals surface area contributed by atoms with Crippen LogP contribution in [0, 0.1) is 39.9 Å². The number of phenolic OH excluding ortho intramolecular Hbond substituents is 1. The SMILES string of the molecule is CC(C)C[C@H](NC(=O)[C@H](Cc1ccc(O)cc1)NC(=O)[C@H](Cc1c[nH]cn1)NC(=O)[C@H](CCCNC(=N)N)NC(=O)[C@@H](N)CC(C)C)C(=O)N[C@@H](CC(N)=O)C(=O)N[C@@H](CC(C)C)C(=O)N[C@H](C(=O)N[C@H](C(=O)N[C@@H](CCCNC(=N)N)C(=O)N[C@@H](CCC(N)=O)C(=O)N[C@@H](CCCNC(=N)N)C(=O)N[C@@H](Cc1ccccc1)C(=O)O)[C@@H](C)O)C(C)C. The molecule has 0 saturated carbocycles. The number of aromatic amines is 1. The van der Waals surface area contributed by atoms with Gasteiger partial charge >= 0.3 is 5.97 Å². The third-order valence-corrected chi connectivity index (χ3v) is 18.8. The van der Waals surface area contributed by atoms with Crippen LogP contribution in [0.3, 0.4) is 0 Å². The number of aliphatic hydroxyl groups excluding tert-OH is 1. The fourth-order valence-corrected chi connectivity index (χ4v) is 12.5. The zero-order chi connectivity index (χ0) is 91.6. The summed E-state index contributed by atoms with van der Waals surface area (Å²) in [5, 5.41) is 92.4. The Bertz CT molecular complexity index is 4000. The summed E-state index contributed by atoms with van der Waals surface area (Å²) < 4.78 is 0. The molecule has 2 aromatic carbocycles. The number of carboxylic acid groups (broad SMARTS) is 1. The van der Waals surface area contributed by atoms with Crippen LogP contribution in [0.4, 0.5) is 0 Å². The van der Waals surface area contributed by atoms with Gasteiger partial charge in [-0.3, -0.25) is 83.4 Å². The molecule has 0 unspecified atom stereocenters. The Hall–Kier alpha value is -12.8. The lowest BCUT2D eigenvalue weighted by molar-refractivity contribution is -0.142. The average molecular weight is 1720 g/mol. The van der Waals surface area contributed by atoms with Crippen molar-refractivity contribution < 1.29 is 87.2 Å². The van der Waals surface area contributed by atoms with Crippen molar-refractivity contribution in [2.75, 3.05) is 19.6 Å². The second kappa shape index (κ2) is 53.0. The Morgan fingerprint density at radius 2 is 0.754 bits per heavy atom. The lowest BCUT2D eigenvalue weighted by Crippen LogP contribution is -2.63. The molecule has 0 radical (unpaired) electrons. The van der Waals surface area contributed by atoms with Crippen LogP contribution in [0.25, 0.3) is 0 Å². The largest absolute Gasteiger partial charge is 0.508 e. The number of hydrogen-bond acceptors (Lipinski definition) is 22. The minimum atomic E-state index is -1.93. The molecule has 122 heavy (non-hydrogen) atoms. The summed E-state index contributed by atoms with van der Waals surface area (Å²) in [5.41, 5.74) is 35.0. The van der Waals surface area contributed by atoms with Crippen LogP contribution in [0.5, 0.6) is 5.75 Å². The zero-order valence-electron chi connectivity index (χ0n) is 70.3. The number of carbonyl (C=O) groups is 15. The third-order valence-electron chi connectivity index (χ3n) is 18.8. The number of primary amides is 2. The van der Waals surface area contributed by atoms with Crippen molar-refractivity contribution in [3.8, 4) is 5.75 Å². The molecule has 0 bridgehead atoms. The maximum atomic E-state index is 14.9. The number of aliphatic hydroxyl groups is 1. The van der Waals surface area contributed by atoms with Gasteiger partial charge in [-0.05, 0) is 118 Å². The molecule has 3 rings (SSSR count). The number of H-pyrrole nitrogens is 1. The Balaban J connectivity index is 1.98. The number of imidazole rings is 1. The van der Waals surface area contributed by atoms with E-state index in [0.717, 1.165) is 6.92 Å². The van der Waals surface area contributed by atoms with Crippen LogP contribution < -0.4 is 114 Å². The number of amides is 14. The van der Waals surface area contributed by atoms with Crippen molar-refractivity contribution >= 4 is 107 Å². The molecule has 44 nitrogen and oxygen atoms in total. The molecule has 676 valence electrons. The first-order chi connectivity index (χ1) is 57.3. The average Bonchev–Trinajstić information content (AvgIpc) is 1.35. The van der Waals surface area contributed by atoms with Crippen LogP contribution in [0.2, 0.25) is 0 Å². The number of aliphatic carboxylic acids is 1. The van der Waals surface area contributed by atoms with E-state index in [0.29, 0.717) is 11.1 Å². The molecule has 1 heterocycles. The van der Waals surface area contributed by atoms with Crippen LogP contribution >= 0.6 is 0 Å². The molecule has 0 spiro atoms. The maximum absolute atomic E-state index is 14.9. The Kier molecular flexibility index (Phi) is 44.9. The van der Waals surface area contributed by atoms with Crippen molar-refractivity contribution in [2.45, 2.75) is 243 Å². The Morgan fingerprint density at radius 3 is 1.16 bits per heavy atom. The van der Waals surface area contributed by atoms with E-state index in [1.165, 1.54) is 50.6 Å². The molecular weight excluding hydrogens is 1590 g/mol. The molecule has 14 amide bonds. The lowest BCUT2D eigenvalue weighted by atomic mass is 9.98. The molecule has 1 aromatic heterocycles. The molecule has 0 aliphatic heterocycles. The van der Waals surface area contributed by atoms with E-state index in [9.17, 15) is 87.2 Å². The van der Waals surface area contributed by atoms with Crippen molar-refractivity contribution in [1.29, 1.82) is 16.2 Å². The van der Waals surface area contributed by atoms with Gasteiger partial charge in [0.25, 0.3) is 0 Å². The van der Waals surface area contributed by atoms with Gasteiger partial charge in [-0.2, -0.15) is 0 Å². The minimum Gasteiger partial charge on any atom is -0.508 e. The van der Waals surface area contributed by atoms with Crippen LogP contribution in [0.1, 0.15) is 156 Å². The highest BCUT2D eigenvalue weighted by atomic mass is 16.4. The van der Waals surface area contributed by atoms with Gasteiger partial charge in [-0.25, -0.2) is 9.78 Å². The van der Waals surface area contributed by atoms with Crippen molar-refractivity contribution in [3.63, 3.8) is 0 Å². The summed E-state index contributed by atoms with van der Waals surface area (Å²) in [7, 11) is 0. The maximum Gasteiger partial charge on any atom is 0.326 e. The number of hydrogen-bond donors (Lipinski definition) is 28.